The first kappa shape index (κ1) is 14.3. The van der Waals surface area contributed by atoms with Gasteiger partial charge >= 0.3 is 0 Å². The number of hydrogen-bond donors (Lipinski definition) is 2. The zero-order valence-electron chi connectivity index (χ0n) is 11.5. The smallest absolute Gasteiger partial charge is 0.251 e. The lowest BCUT2D eigenvalue weighted by molar-refractivity contribution is 0.0942. The van der Waals surface area contributed by atoms with Crippen molar-refractivity contribution < 1.29 is 14.3 Å². The lowest BCUT2D eigenvalue weighted by Crippen LogP contribution is -2.25. The number of benzene rings is 1. The van der Waals surface area contributed by atoms with E-state index in [-0.39, 0.29) is 5.91 Å². The zero-order valence-corrected chi connectivity index (χ0v) is 11.5. The van der Waals surface area contributed by atoms with Gasteiger partial charge in [0, 0.05) is 17.7 Å². The minimum Gasteiger partial charge on any atom is -0.472 e. The molecule has 1 aromatic carbocycles. The maximum absolute atomic E-state index is 11.9. The van der Waals surface area contributed by atoms with Gasteiger partial charge in [0.2, 0.25) is 0 Å². The fraction of sp³-hybridized carbons (Fsp3) is 0.312. The third-order valence-corrected chi connectivity index (χ3v) is 3.26. The molecule has 1 atom stereocenters. The SMILES string of the molecule is CCc1ccc(C(=O)NCCC(O)c2ccoc2)cc1. The Bertz CT molecular complexity index is 531. The van der Waals surface area contributed by atoms with Crippen LogP contribution in [0.4, 0.5) is 0 Å². The number of amides is 1. The number of furan rings is 1. The number of hydrogen-bond acceptors (Lipinski definition) is 3. The molecule has 1 aromatic heterocycles. The molecule has 1 unspecified atom stereocenters. The Kier molecular flexibility index (Phi) is 4.96. The van der Waals surface area contributed by atoms with E-state index in [1.807, 2.05) is 24.3 Å². The fourth-order valence-electron chi connectivity index (χ4n) is 1.95. The van der Waals surface area contributed by atoms with Crippen LogP contribution in [0.1, 0.15) is 40.9 Å². The fourth-order valence-corrected chi connectivity index (χ4v) is 1.95. The van der Waals surface area contributed by atoms with Crippen LogP contribution < -0.4 is 5.32 Å². The van der Waals surface area contributed by atoms with Crippen LogP contribution in [0.25, 0.3) is 0 Å². The number of carbonyl (C=O) groups is 1. The van der Waals surface area contributed by atoms with E-state index in [0.717, 1.165) is 12.0 Å². The molecule has 106 valence electrons. The van der Waals surface area contributed by atoms with Gasteiger partial charge in [0.1, 0.15) is 0 Å². The van der Waals surface area contributed by atoms with Gasteiger partial charge in [-0.3, -0.25) is 4.79 Å². The molecule has 2 aromatic rings. The van der Waals surface area contributed by atoms with Crippen molar-refractivity contribution in [2.45, 2.75) is 25.9 Å². The number of aliphatic hydroxyl groups excluding tert-OH is 1. The summed E-state index contributed by atoms with van der Waals surface area (Å²) in [4.78, 5) is 11.9. The number of rotatable bonds is 6. The van der Waals surface area contributed by atoms with Crippen LogP contribution in [0.2, 0.25) is 0 Å². The average molecular weight is 273 g/mol. The average Bonchev–Trinajstić information content (AvgIpc) is 3.01. The van der Waals surface area contributed by atoms with E-state index in [2.05, 4.69) is 12.2 Å². The first-order chi connectivity index (χ1) is 9.70. The molecule has 2 rings (SSSR count). The second-order valence-electron chi connectivity index (χ2n) is 4.67. The van der Waals surface area contributed by atoms with E-state index >= 15 is 0 Å². The van der Waals surface area contributed by atoms with Gasteiger partial charge in [-0.05, 0) is 36.6 Å². The van der Waals surface area contributed by atoms with Gasteiger partial charge in [-0.15, -0.1) is 0 Å². The zero-order chi connectivity index (χ0) is 14.4. The Hall–Kier alpha value is -2.07. The van der Waals surface area contributed by atoms with Crippen molar-refractivity contribution in [3.8, 4) is 0 Å². The summed E-state index contributed by atoms with van der Waals surface area (Å²) in [6, 6.07) is 9.27. The standard InChI is InChI=1S/C16H19NO3/c1-2-12-3-5-13(6-4-12)16(19)17-9-7-15(18)14-8-10-20-11-14/h3-6,8,10-11,15,18H,2,7,9H2,1H3,(H,17,19). The van der Waals surface area contributed by atoms with Crippen molar-refractivity contribution >= 4 is 5.91 Å². The van der Waals surface area contributed by atoms with Crippen LogP contribution in [-0.2, 0) is 6.42 Å². The molecule has 0 aliphatic rings. The van der Waals surface area contributed by atoms with Crippen molar-refractivity contribution in [1.29, 1.82) is 0 Å². The van der Waals surface area contributed by atoms with Gasteiger partial charge < -0.3 is 14.8 Å². The normalized spacial score (nSPS) is 12.1. The predicted octanol–water partition coefficient (Wildman–Crippen LogP) is 2.70. The molecule has 0 fully saturated rings. The van der Waals surface area contributed by atoms with E-state index < -0.39 is 6.10 Å². The molecule has 0 aliphatic heterocycles. The quantitative estimate of drug-likeness (QED) is 0.850. The third kappa shape index (κ3) is 3.71. The van der Waals surface area contributed by atoms with Gasteiger partial charge in [-0.1, -0.05) is 19.1 Å². The highest BCUT2D eigenvalue weighted by atomic mass is 16.3. The molecule has 2 N–H and O–H groups in total. The molecule has 4 nitrogen and oxygen atoms in total. The minimum absolute atomic E-state index is 0.118. The monoisotopic (exact) mass is 273 g/mol. The molecule has 1 heterocycles. The second-order valence-corrected chi connectivity index (χ2v) is 4.67. The lowest BCUT2D eigenvalue weighted by atomic mass is 10.1. The van der Waals surface area contributed by atoms with Crippen molar-refractivity contribution in [3.05, 3.63) is 59.5 Å². The first-order valence-electron chi connectivity index (χ1n) is 6.78. The van der Waals surface area contributed by atoms with Crippen LogP contribution in [0, 0.1) is 0 Å². The summed E-state index contributed by atoms with van der Waals surface area (Å²) in [7, 11) is 0. The maximum atomic E-state index is 11.9. The summed E-state index contributed by atoms with van der Waals surface area (Å²) in [6.45, 7) is 2.49. The molecule has 0 saturated heterocycles. The van der Waals surface area contributed by atoms with Crippen molar-refractivity contribution in [2.24, 2.45) is 0 Å². The summed E-state index contributed by atoms with van der Waals surface area (Å²) in [5.74, 6) is -0.118. The minimum atomic E-state index is -0.614. The Balaban J connectivity index is 1.80. The van der Waals surface area contributed by atoms with Crippen LogP contribution in [0.5, 0.6) is 0 Å². The van der Waals surface area contributed by atoms with Crippen molar-refractivity contribution in [1.82, 2.24) is 5.32 Å². The van der Waals surface area contributed by atoms with E-state index in [9.17, 15) is 9.90 Å². The molecule has 0 radical (unpaired) electrons. The molecular formula is C16H19NO3. The molecule has 4 heteroatoms. The van der Waals surface area contributed by atoms with Crippen LogP contribution in [0.15, 0.2) is 47.3 Å². The van der Waals surface area contributed by atoms with Crippen LogP contribution in [-0.4, -0.2) is 17.6 Å². The number of aryl methyl sites for hydroxylation is 1. The molecule has 0 spiro atoms. The number of aliphatic hydroxyl groups is 1. The van der Waals surface area contributed by atoms with E-state index in [1.54, 1.807) is 6.07 Å². The Morgan fingerprint density at radius 2 is 2.05 bits per heavy atom. The summed E-state index contributed by atoms with van der Waals surface area (Å²) in [5.41, 5.74) is 2.57. The van der Waals surface area contributed by atoms with E-state index in [0.29, 0.717) is 18.5 Å². The van der Waals surface area contributed by atoms with Gasteiger partial charge in [-0.25, -0.2) is 0 Å². The Morgan fingerprint density at radius 3 is 2.65 bits per heavy atom. The van der Waals surface area contributed by atoms with Gasteiger partial charge in [0.05, 0.1) is 18.6 Å². The van der Waals surface area contributed by atoms with Gasteiger partial charge in [-0.2, -0.15) is 0 Å². The van der Waals surface area contributed by atoms with Gasteiger partial charge in [0.25, 0.3) is 5.91 Å². The third-order valence-electron chi connectivity index (χ3n) is 3.26. The maximum Gasteiger partial charge on any atom is 0.251 e. The highest BCUT2D eigenvalue weighted by Gasteiger charge is 2.10. The molecule has 1 amide bonds. The summed E-state index contributed by atoms with van der Waals surface area (Å²) >= 11 is 0. The number of nitrogens with one attached hydrogen (secondary N) is 1. The highest BCUT2D eigenvalue weighted by molar-refractivity contribution is 5.94. The topological polar surface area (TPSA) is 62.5 Å². The van der Waals surface area contributed by atoms with Crippen molar-refractivity contribution in [2.75, 3.05) is 6.54 Å². The Labute approximate surface area is 118 Å². The van der Waals surface area contributed by atoms with Crippen LogP contribution >= 0.6 is 0 Å². The number of carbonyl (C=O) groups excluding carboxylic acids is 1. The van der Waals surface area contributed by atoms with Crippen LogP contribution in [0.3, 0.4) is 0 Å². The van der Waals surface area contributed by atoms with E-state index in [4.69, 9.17) is 4.42 Å². The molecule has 0 bridgehead atoms. The summed E-state index contributed by atoms with van der Waals surface area (Å²) in [6.07, 6.45) is 3.83. The molecule has 0 saturated carbocycles. The highest BCUT2D eigenvalue weighted by Crippen LogP contribution is 2.15. The molecule has 0 aliphatic carbocycles. The summed E-state index contributed by atoms with van der Waals surface area (Å²) < 4.78 is 4.91. The van der Waals surface area contributed by atoms with Crippen molar-refractivity contribution in [3.63, 3.8) is 0 Å². The largest absolute Gasteiger partial charge is 0.472 e. The first-order valence-corrected chi connectivity index (χ1v) is 6.78. The predicted molar refractivity (Wildman–Crippen MR) is 76.4 cm³/mol. The molecule has 20 heavy (non-hydrogen) atoms. The Morgan fingerprint density at radius 1 is 1.30 bits per heavy atom. The summed E-state index contributed by atoms with van der Waals surface area (Å²) in [5, 5.41) is 12.6. The van der Waals surface area contributed by atoms with Gasteiger partial charge in [0.15, 0.2) is 0 Å². The lowest BCUT2D eigenvalue weighted by Gasteiger charge is -2.09. The molecular weight excluding hydrogens is 254 g/mol. The second kappa shape index (κ2) is 6.91. The van der Waals surface area contributed by atoms with E-state index in [1.165, 1.54) is 18.1 Å².